The van der Waals surface area contributed by atoms with Gasteiger partial charge in [0, 0.05) is 11.1 Å². The average Bonchev–Trinajstić information content (AvgIpc) is 2.04. The van der Waals surface area contributed by atoms with E-state index in [1.54, 1.807) is 24.3 Å². The van der Waals surface area contributed by atoms with E-state index in [-0.39, 0.29) is 9.39 Å². The monoisotopic (exact) mass is 290 g/mol. The number of benzene rings is 1. The number of carbonyl (C=O) groups is 2. The van der Waals surface area contributed by atoms with Crippen LogP contribution in [0.25, 0.3) is 0 Å². The van der Waals surface area contributed by atoms with Gasteiger partial charge in [-0.05, 0) is 56.1 Å². The third-order valence-corrected chi connectivity index (χ3v) is 2.25. The highest BCUT2D eigenvalue weighted by Crippen LogP contribution is 2.10. The minimum Gasteiger partial charge on any atom is -0.281 e. The van der Waals surface area contributed by atoms with Crippen molar-refractivity contribution in [3.05, 3.63) is 35.4 Å². The molecule has 1 aromatic rings. The summed E-state index contributed by atoms with van der Waals surface area (Å²) in [6.45, 7) is 0. The van der Waals surface area contributed by atoms with Gasteiger partial charge in [0.25, 0.3) is 0 Å². The number of rotatable bonds is 2. The van der Waals surface area contributed by atoms with Gasteiger partial charge in [-0.25, -0.2) is 0 Å². The molecule has 4 heteroatoms. The summed E-state index contributed by atoms with van der Waals surface area (Å²) < 4.78 is -0.368. The molecular formula is C8H4Br2O2. The molecule has 0 aliphatic carbocycles. The van der Waals surface area contributed by atoms with E-state index >= 15 is 0 Å². The zero-order valence-corrected chi connectivity index (χ0v) is 9.05. The van der Waals surface area contributed by atoms with Crippen molar-refractivity contribution < 1.29 is 9.59 Å². The van der Waals surface area contributed by atoms with Gasteiger partial charge in [-0.15, -0.1) is 0 Å². The lowest BCUT2D eigenvalue weighted by atomic mass is 10.2. The Balaban J connectivity index is 3.01. The fraction of sp³-hybridized carbons (Fsp3) is 0. The fourth-order valence-corrected chi connectivity index (χ4v) is 1.26. The Morgan fingerprint density at radius 3 is 1.25 bits per heavy atom. The SMILES string of the molecule is O=C(Br)c1ccc(C(=O)Br)cc1. The third kappa shape index (κ3) is 2.25. The molecule has 0 atom stereocenters. The number of carbonyl (C=O) groups excluding carboxylic acids is 2. The lowest BCUT2D eigenvalue weighted by Crippen LogP contribution is -1.91. The molecule has 0 amide bonds. The fourth-order valence-electron chi connectivity index (χ4n) is 0.732. The highest BCUT2D eigenvalue weighted by atomic mass is 79.9. The standard InChI is InChI=1S/C8H4Br2O2/c9-7(11)5-1-2-6(4-3-5)8(10)12/h1-4H. The van der Waals surface area contributed by atoms with E-state index in [0.717, 1.165) is 0 Å². The highest BCUT2D eigenvalue weighted by molar-refractivity contribution is 9.18. The molecule has 0 unspecified atom stereocenters. The van der Waals surface area contributed by atoms with E-state index in [4.69, 9.17) is 0 Å². The molecule has 0 aromatic heterocycles. The van der Waals surface area contributed by atoms with Crippen molar-refractivity contribution >= 4 is 41.2 Å². The summed E-state index contributed by atoms with van der Waals surface area (Å²) in [7, 11) is 0. The summed E-state index contributed by atoms with van der Waals surface area (Å²) in [5, 5.41) is 0. The number of hydrogen-bond acceptors (Lipinski definition) is 2. The minimum absolute atomic E-state index is 0.184. The predicted octanol–water partition coefficient (Wildman–Crippen LogP) is 2.76. The van der Waals surface area contributed by atoms with Crippen molar-refractivity contribution in [3.63, 3.8) is 0 Å². The Morgan fingerprint density at radius 2 is 1.08 bits per heavy atom. The Bertz CT molecular complexity index is 283. The van der Waals surface area contributed by atoms with E-state index in [2.05, 4.69) is 31.9 Å². The molecule has 1 rings (SSSR count). The first-order valence-corrected chi connectivity index (χ1v) is 4.69. The summed E-state index contributed by atoms with van der Waals surface area (Å²) in [5.74, 6) is 0. The molecule has 0 aliphatic heterocycles. The maximum absolute atomic E-state index is 10.7. The van der Waals surface area contributed by atoms with Crippen LogP contribution in [0.5, 0.6) is 0 Å². The number of halogens is 2. The first kappa shape index (κ1) is 9.61. The Morgan fingerprint density at radius 1 is 0.833 bits per heavy atom. The minimum atomic E-state index is -0.184. The second-order valence-electron chi connectivity index (χ2n) is 2.12. The van der Waals surface area contributed by atoms with Crippen LogP contribution in [0, 0.1) is 0 Å². The van der Waals surface area contributed by atoms with Gasteiger partial charge in [-0.1, -0.05) is 0 Å². The lowest BCUT2D eigenvalue weighted by Gasteiger charge is -1.94. The summed E-state index contributed by atoms with van der Waals surface area (Å²) in [4.78, 5) is 21.5. The molecule has 0 heterocycles. The highest BCUT2D eigenvalue weighted by Gasteiger charge is 2.03. The van der Waals surface area contributed by atoms with Crippen molar-refractivity contribution in [1.29, 1.82) is 0 Å². The van der Waals surface area contributed by atoms with Crippen molar-refractivity contribution in [1.82, 2.24) is 0 Å². The predicted molar refractivity (Wildman–Crippen MR) is 53.0 cm³/mol. The summed E-state index contributed by atoms with van der Waals surface area (Å²) in [6.07, 6.45) is 0. The molecule has 0 N–H and O–H groups in total. The van der Waals surface area contributed by atoms with Gasteiger partial charge in [0.1, 0.15) is 0 Å². The second-order valence-corrected chi connectivity index (χ2v) is 3.57. The van der Waals surface area contributed by atoms with Crippen LogP contribution in [-0.2, 0) is 0 Å². The first-order chi connectivity index (χ1) is 5.61. The quantitative estimate of drug-likeness (QED) is 0.785. The van der Waals surface area contributed by atoms with Crippen LogP contribution in [0.2, 0.25) is 0 Å². The number of hydrogen-bond donors (Lipinski definition) is 0. The van der Waals surface area contributed by atoms with Crippen LogP contribution >= 0.6 is 31.9 Å². The smallest absolute Gasteiger partial charge is 0.228 e. The zero-order chi connectivity index (χ0) is 9.14. The van der Waals surface area contributed by atoms with Crippen LogP contribution in [-0.4, -0.2) is 9.39 Å². The van der Waals surface area contributed by atoms with Crippen LogP contribution in [0.15, 0.2) is 24.3 Å². The van der Waals surface area contributed by atoms with Crippen LogP contribution in [0.4, 0.5) is 0 Å². The molecule has 0 saturated carbocycles. The molecule has 0 radical (unpaired) electrons. The van der Waals surface area contributed by atoms with Gasteiger partial charge in [0.05, 0.1) is 0 Å². The van der Waals surface area contributed by atoms with Crippen LogP contribution in [0.1, 0.15) is 20.7 Å². The van der Waals surface area contributed by atoms with Gasteiger partial charge in [0.15, 0.2) is 0 Å². The van der Waals surface area contributed by atoms with Crippen LogP contribution < -0.4 is 0 Å². The van der Waals surface area contributed by atoms with Crippen molar-refractivity contribution in [3.8, 4) is 0 Å². The molecule has 0 spiro atoms. The Hall–Kier alpha value is -0.480. The third-order valence-electron chi connectivity index (χ3n) is 1.34. The van der Waals surface area contributed by atoms with Crippen LogP contribution in [0.3, 0.4) is 0 Å². The van der Waals surface area contributed by atoms with E-state index in [1.807, 2.05) is 0 Å². The summed E-state index contributed by atoms with van der Waals surface area (Å²) in [6, 6.07) is 6.36. The normalized spacial score (nSPS) is 9.50. The lowest BCUT2D eigenvalue weighted by molar-refractivity contribution is 0.108. The molecule has 2 nitrogen and oxygen atoms in total. The van der Waals surface area contributed by atoms with Crippen molar-refractivity contribution in [2.75, 3.05) is 0 Å². The molecule has 0 aliphatic rings. The van der Waals surface area contributed by atoms with E-state index in [9.17, 15) is 9.59 Å². The van der Waals surface area contributed by atoms with Gasteiger partial charge in [-0.2, -0.15) is 0 Å². The molecule has 0 fully saturated rings. The molecule has 12 heavy (non-hydrogen) atoms. The first-order valence-electron chi connectivity index (χ1n) is 3.11. The summed E-state index contributed by atoms with van der Waals surface area (Å²) >= 11 is 5.62. The van der Waals surface area contributed by atoms with E-state index in [1.165, 1.54) is 0 Å². The average molecular weight is 292 g/mol. The van der Waals surface area contributed by atoms with Crippen molar-refractivity contribution in [2.45, 2.75) is 0 Å². The van der Waals surface area contributed by atoms with Gasteiger partial charge in [0.2, 0.25) is 9.39 Å². The zero-order valence-electron chi connectivity index (χ0n) is 5.88. The molecule has 0 saturated heterocycles. The molecule has 1 aromatic carbocycles. The second kappa shape index (κ2) is 3.96. The van der Waals surface area contributed by atoms with Gasteiger partial charge in [-0.3, -0.25) is 9.59 Å². The maximum Gasteiger partial charge on any atom is 0.228 e. The van der Waals surface area contributed by atoms with Gasteiger partial charge < -0.3 is 0 Å². The van der Waals surface area contributed by atoms with Crippen molar-refractivity contribution in [2.24, 2.45) is 0 Å². The molecule has 0 bridgehead atoms. The molecular weight excluding hydrogens is 288 g/mol. The van der Waals surface area contributed by atoms with E-state index < -0.39 is 0 Å². The largest absolute Gasteiger partial charge is 0.281 e. The Labute approximate surface area is 86.2 Å². The van der Waals surface area contributed by atoms with Gasteiger partial charge >= 0.3 is 0 Å². The molecule has 62 valence electrons. The summed E-state index contributed by atoms with van der Waals surface area (Å²) in [5.41, 5.74) is 1.07. The van der Waals surface area contributed by atoms with E-state index in [0.29, 0.717) is 11.1 Å². The topological polar surface area (TPSA) is 34.1 Å². The Kier molecular flexibility index (Phi) is 3.17. The maximum atomic E-state index is 10.7.